The van der Waals surface area contributed by atoms with Crippen LogP contribution in [0, 0.1) is 12.3 Å². The summed E-state index contributed by atoms with van der Waals surface area (Å²) in [5, 5.41) is 15.1. The lowest BCUT2D eigenvalue weighted by atomic mass is 9.86. The Kier molecular flexibility index (Phi) is 4.88. The molecule has 26 heavy (non-hydrogen) atoms. The molecule has 0 unspecified atom stereocenters. The Morgan fingerprint density at radius 1 is 1.27 bits per heavy atom. The van der Waals surface area contributed by atoms with E-state index in [4.69, 9.17) is 0 Å². The molecule has 0 bridgehead atoms. The summed E-state index contributed by atoms with van der Waals surface area (Å²) in [6.45, 7) is 8.84. The minimum absolute atomic E-state index is 0.0618. The smallest absolute Gasteiger partial charge is 0.319 e. The number of carbonyl (C=O) groups excluding carboxylic acids is 1. The molecular weight excluding hydrogens is 328 g/mol. The number of hydrogen-bond acceptors (Lipinski definition) is 4. The number of urea groups is 1. The van der Waals surface area contributed by atoms with Gasteiger partial charge in [-0.25, -0.2) is 9.78 Å². The zero-order valence-electron chi connectivity index (χ0n) is 15.5. The molecular formula is C19H24N6O. The van der Waals surface area contributed by atoms with Gasteiger partial charge in [0.2, 0.25) is 0 Å². The van der Waals surface area contributed by atoms with Crippen molar-refractivity contribution in [2.45, 2.75) is 40.3 Å². The van der Waals surface area contributed by atoms with E-state index in [9.17, 15) is 4.79 Å². The maximum absolute atomic E-state index is 12.6. The van der Waals surface area contributed by atoms with Crippen molar-refractivity contribution in [1.29, 1.82) is 0 Å². The zero-order valence-corrected chi connectivity index (χ0v) is 15.5. The van der Waals surface area contributed by atoms with E-state index in [0.717, 1.165) is 16.6 Å². The molecule has 3 rings (SSSR count). The SMILES string of the molecule is Cc1cc2c(NC(=O)N[C@@H](Cn3ccnc3)C(C)(C)C)cccc2nn1. The summed E-state index contributed by atoms with van der Waals surface area (Å²) in [7, 11) is 0. The van der Waals surface area contributed by atoms with Crippen LogP contribution in [0.5, 0.6) is 0 Å². The van der Waals surface area contributed by atoms with E-state index in [0.29, 0.717) is 12.2 Å². The maximum Gasteiger partial charge on any atom is 0.319 e. The topological polar surface area (TPSA) is 84.7 Å². The minimum Gasteiger partial charge on any atom is -0.335 e. The first-order valence-corrected chi connectivity index (χ1v) is 8.59. The molecule has 0 aliphatic heterocycles. The van der Waals surface area contributed by atoms with Crippen molar-refractivity contribution < 1.29 is 4.79 Å². The summed E-state index contributed by atoms with van der Waals surface area (Å²) in [4.78, 5) is 16.7. The summed E-state index contributed by atoms with van der Waals surface area (Å²) < 4.78 is 1.97. The monoisotopic (exact) mass is 352 g/mol. The van der Waals surface area contributed by atoms with Crippen LogP contribution in [0.2, 0.25) is 0 Å². The number of hydrogen-bond donors (Lipinski definition) is 2. The molecule has 2 heterocycles. The quantitative estimate of drug-likeness (QED) is 0.754. The molecule has 1 atom stereocenters. The largest absolute Gasteiger partial charge is 0.335 e. The van der Waals surface area contributed by atoms with Gasteiger partial charge in [0, 0.05) is 24.3 Å². The Morgan fingerprint density at radius 2 is 2.08 bits per heavy atom. The number of imidazole rings is 1. The maximum atomic E-state index is 12.6. The van der Waals surface area contributed by atoms with E-state index in [-0.39, 0.29) is 17.5 Å². The van der Waals surface area contributed by atoms with Gasteiger partial charge >= 0.3 is 6.03 Å². The van der Waals surface area contributed by atoms with Crippen LogP contribution in [0.1, 0.15) is 26.5 Å². The Morgan fingerprint density at radius 3 is 2.77 bits per heavy atom. The van der Waals surface area contributed by atoms with Crippen LogP contribution < -0.4 is 10.6 Å². The number of amides is 2. The molecule has 0 aliphatic rings. The fraction of sp³-hybridized carbons (Fsp3) is 0.368. The number of anilines is 1. The Bertz CT molecular complexity index is 898. The van der Waals surface area contributed by atoms with E-state index in [2.05, 4.69) is 46.6 Å². The Balaban J connectivity index is 1.77. The third-order valence-corrected chi connectivity index (χ3v) is 4.30. The van der Waals surface area contributed by atoms with E-state index < -0.39 is 0 Å². The molecule has 2 N–H and O–H groups in total. The molecule has 0 saturated carbocycles. The number of nitrogens with zero attached hydrogens (tertiary/aromatic N) is 4. The van der Waals surface area contributed by atoms with Crippen LogP contribution in [-0.2, 0) is 6.54 Å². The predicted molar refractivity (Wildman–Crippen MR) is 102 cm³/mol. The second kappa shape index (κ2) is 7.11. The van der Waals surface area contributed by atoms with Gasteiger partial charge in [0.15, 0.2) is 0 Å². The second-order valence-corrected chi connectivity index (χ2v) is 7.50. The second-order valence-electron chi connectivity index (χ2n) is 7.50. The standard InChI is InChI=1S/C19H24N6O/c1-13-10-14-15(6-5-7-16(14)24-23-13)21-18(26)22-17(19(2,3)4)11-25-9-8-20-12-25/h5-10,12,17H,11H2,1-4H3,(H2,21,22,26)/t17-/m0/s1. The number of carbonyl (C=O) groups is 1. The van der Waals surface area contributed by atoms with Gasteiger partial charge in [-0.1, -0.05) is 26.8 Å². The summed E-state index contributed by atoms with van der Waals surface area (Å²) in [6, 6.07) is 7.21. The van der Waals surface area contributed by atoms with Gasteiger partial charge in [-0.05, 0) is 30.5 Å². The van der Waals surface area contributed by atoms with E-state index in [1.165, 1.54) is 0 Å². The molecule has 2 amide bonds. The number of nitrogens with one attached hydrogen (secondary N) is 2. The van der Waals surface area contributed by atoms with Crippen LogP contribution in [0.3, 0.4) is 0 Å². The van der Waals surface area contributed by atoms with Crippen LogP contribution in [-0.4, -0.2) is 31.8 Å². The zero-order chi connectivity index (χ0) is 18.7. The predicted octanol–water partition coefficient (Wildman–Crippen LogP) is 3.37. The Labute approximate surface area is 152 Å². The lowest BCUT2D eigenvalue weighted by Gasteiger charge is -2.31. The van der Waals surface area contributed by atoms with Crippen molar-refractivity contribution in [2.75, 3.05) is 5.32 Å². The van der Waals surface area contributed by atoms with Gasteiger partial charge in [-0.3, -0.25) is 0 Å². The summed E-state index contributed by atoms with van der Waals surface area (Å²) in [5.74, 6) is 0. The first-order chi connectivity index (χ1) is 12.3. The highest BCUT2D eigenvalue weighted by molar-refractivity contribution is 6.00. The van der Waals surface area contributed by atoms with E-state index >= 15 is 0 Å². The van der Waals surface area contributed by atoms with Crippen LogP contribution in [0.25, 0.3) is 10.9 Å². The lowest BCUT2D eigenvalue weighted by Crippen LogP contribution is -2.47. The van der Waals surface area contributed by atoms with Crippen molar-refractivity contribution >= 4 is 22.6 Å². The van der Waals surface area contributed by atoms with Gasteiger partial charge in [-0.15, -0.1) is 0 Å². The molecule has 0 radical (unpaired) electrons. The third-order valence-electron chi connectivity index (χ3n) is 4.30. The summed E-state index contributed by atoms with van der Waals surface area (Å²) >= 11 is 0. The van der Waals surface area contributed by atoms with Crippen molar-refractivity contribution in [3.63, 3.8) is 0 Å². The minimum atomic E-state index is -0.244. The summed E-state index contributed by atoms with van der Waals surface area (Å²) in [5.41, 5.74) is 2.16. The van der Waals surface area contributed by atoms with Gasteiger partial charge < -0.3 is 15.2 Å². The first-order valence-electron chi connectivity index (χ1n) is 8.59. The van der Waals surface area contributed by atoms with E-state index in [1.54, 1.807) is 12.5 Å². The molecule has 2 aromatic heterocycles. The van der Waals surface area contributed by atoms with Crippen molar-refractivity contribution in [3.05, 3.63) is 48.7 Å². The molecule has 0 spiro atoms. The number of aryl methyl sites for hydroxylation is 1. The average molecular weight is 352 g/mol. The lowest BCUT2D eigenvalue weighted by molar-refractivity contribution is 0.219. The molecule has 136 valence electrons. The van der Waals surface area contributed by atoms with Crippen molar-refractivity contribution in [2.24, 2.45) is 5.41 Å². The summed E-state index contributed by atoms with van der Waals surface area (Å²) in [6.07, 6.45) is 5.38. The molecule has 3 aromatic rings. The first kappa shape index (κ1) is 17.8. The number of benzene rings is 1. The number of aromatic nitrogens is 4. The average Bonchev–Trinajstić information content (AvgIpc) is 3.07. The van der Waals surface area contributed by atoms with Gasteiger partial charge in [-0.2, -0.15) is 10.2 Å². The fourth-order valence-electron chi connectivity index (χ4n) is 2.73. The van der Waals surface area contributed by atoms with Crippen LogP contribution >= 0.6 is 0 Å². The fourth-order valence-corrected chi connectivity index (χ4v) is 2.73. The molecule has 0 fully saturated rings. The van der Waals surface area contributed by atoms with Gasteiger partial charge in [0.25, 0.3) is 0 Å². The molecule has 7 heteroatoms. The number of fused-ring (bicyclic) bond motifs is 1. The molecule has 0 saturated heterocycles. The van der Waals surface area contributed by atoms with Crippen LogP contribution in [0.4, 0.5) is 10.5 Å². The van der Waals surface area contributed by atoms with E-state index in [1.807, 2.05) is 42.0 Å². The highest BCUT2D eigenvalue weighted by atomic mass is 16.2. The normalized spacial score (nSPS) is 12.8. The highest BCUT2D eigenvalue weighted by Crippen LogP contribution is 2.23. The Hall–Kier alpha value is -2.96. The van der Waals surface area contributed by atoms with Crippen molar-refractivity contribution in [3.8, 4) is 0 Å². The highest BCUT2D eigenvalue weighted by Gasteiger charge is 2.26. The van der Waals surface area contributed by atoms with Crippen molar-refractivity contribution in [1.82, 2.24) is 25.1 Å². The number of rotatable bonds is 4. The molecule has 0 aliphatic carbocycles. The third kappa shape index (κ3) is 4.17. The molecule has 1 aromatic carbocycles. The molecule has 7 nitrogen and oxygen atoms in total. The van der Waals surface area contributed by atoms with Gasteiger partial charge in [0.05, 0.1) is 29.3 Å². The van der Waals surface area contributed by atoms with Crippen LogP contribution in [0.15, 0.2) is 43.0 Å². The van der Waals surface area contributed by atoms with Gasteiger partial charge in [0.1, 0.15) is 0 Å².